The van der Waals surface area contributed by atoms with Crippen molar-refractivity contribution in [3.8, 4) is 0 Å². The van der Waals surface area contributed by atoms with E-state index in [-0.39, 0.29) is 18.9 Å². The number of carbonyl (C=O) groups excluding carboxylic acids is 1. The van der Waals surface area contributed by atoms with E-state index in [0.717, 1.165) is 70.6 Å². The number of nitrogens with one attached hydrogen (secondary N) is 1. The molecule has 2 fully saturated rings. The summed E-state index contributed by atoms with van der Waals surface area (Å²) >= 11 is 0. The Morgan fingerprint density at radius 2 is 1.00 bits per heavy atom. The average molecular weight is 990 g/mol. The van der Waals surface area contributed by atoms with Crippen LogP contribution >= 0.6 is 0 Å². The van der Waals surface area contributed by atoms with Crippen LogP contribution in [0, 0.1) is 0 Å². The molecule has 0 bridgehead atoms. The van der Waals surface area contributed by atoms with Crippen molar-refractivity contribution in [2.75, 3.05) is 19.8 Å². The monoisotopic (exact) mass is 990 g/mol. The number of hydrogen-bond donors (Lipinski definition) is 9. The van der Waals surface area contributed by atoms with Crippen molar-refractivity contribution >= 4 is 5.91 Å². The highest BCUT2D eigenvalue weighted by molar-refractivity contribution is 5.76. The zero-order chi connectivity index (χ0) is 51.0. The van der Waals surface area contributed by atoms with E-state index in [9.17, 15) is 45.6 Å². The summed E-state index contributed by atoms with van der Waals surface area (Å²) in [5.41, 5.74) is 0. The Morgan fingerprint density at radius 1 is 0.529 bits per heavy atom. The summed E-state index contributed by atoms with van der Waals surface area (Å²) < 4.78 is 22.7. The number of aliphatic hydroxyl groups excluding tert-OH is 8. The molecule has 0 spiro atoms. The Hall–Kier alpha value is -2.83. The molecule has 2 rings (SSSR count). The molecule has 2 heterocycles. The van der Waals surface area contributed by atoms with E-state index in [1.807, 2.05) is 6.08 Å². The molecular weight excluding hydrogens is 895 g/mol. The van der Waals surface area contributed by atoms with E-state index in [4.69, 9.17) is 18.9 Å². The third-order valence-corrected chi connectivity index (χ3v) is 12.6. The van der Waals surface area contributed by atoms with Crippen LogP contribution in [-0.4, -0.2) is 140 Å². The van der Waals surface area contributed by atoms with Crippen molar-refractivity contribution in [2.24, 2.45) is 0 Å². The number of hydrogen-bond acceptors (Lipinski definition) is 13. The third kappa shape index (κ3) is 27.8. The van der Waals surface area contributed by atoms with E-state index in [1.165, 1.54) is 64.2 Å². The number of carbonyl (C=O) groups is 1. The molecule has 0 radical (unpaired) electrons. The first-order chi connectivity index (χ1) is 34.1. The van der Waals surface area contributed by atoms with Crippen LogP contribution in [0.2, 0.25) is 0 Å². The lowest BCUT2D eigenvalue weighted by atomic mass is 9.97. The second-order valence-corrected chi connectivity index (χ2v) is 18.6. The number of amides is 1. The Kier molecular flexibility index (Phi) is 37.6. The van der Waals surface area contributed by atoms with Gasteiger partial charge in [-0.15, -0.1) is 0 Å². The summed E-state index contributed by atoms with van der Waals surface area (Å²) in [7, 11) is 0. The Labute approximate surface area is 420 Å². The SMILES string of the molecule is CC/C=C\C/C=C\C/C=C\C/C=C\C/C=C\CCCCCCCCCCCC(=O)NC(COC1OC(CO)C(OC2OC(CO)C(O)C(O)C2O)C(O)C1O)C(O)/C=C/CC/C=C/CCCCCCC. The maximum absolute atomic E-state index is 13.2. The number of unbranched alkanes of at least 4 members (excludes halogenated alkanes) is 15. The van der Waals surface area contributed by atoms with Crippen molar-refractivity contribution in [3.05, 3.63) is 85.1 Å². The maximum Gasteiger partial charge on any atom is 0.220 e. The molecule has 0 aliphatic carbocycles. The summed E-state index contributed by atoms with van der Waals surface area (Å²) in [6, 6.07) is -0.938. The lowest BCUT2D eigenvalue weighted by molar-refractivity contribution is -0.359. The van der Waals surface area contributed by atoms with Crippen LogP contribution in [0.4, 0.5) is 0 Å². The maximum atomic E-state index is 13.2. The molecule has 1 amide bonds. The first-order valence-corrected chi connectivity index (χ1v) is 26.8. The second kappa shape index (κ2) is 41.6. The highest BCUT2D eigenvalue weighted by atomic mass is 16.7. The predicted molar refractivity (Wildman–Crippen MR) is 276 cm³/mol. The molecule has 2 aliphatic rings. The summed E-state index contributed by atoms with van der Waals surface area (Å²) in [6.45, 7) is 2.60. The molecule has 12 atom stereocenters. The Bertz CT molecular complexity index is 1500. The van der Waals surface area contributed by atoms with Gasteiger partial charge in [0.25, 0.3) is 0 Å². The summed E-state index contributed by atoms with van der Waals surface area (Å²) in [4.78, 5) is 13.2. The molecule has 0 saturated carbocycles. The van der Waals surface area contributed by atoms with E-state index in [1.54, 1.807) is 6.08 Å². The normalized spacial score (nSPS) is 26.7. The van der Waals surface area contributed by atoms with Gasteiger partial charge in [0.2, 0.25) is 5.91 Å². The molecule has 0 aromatic carbocycles. The highest BCUT2D eigenvalue weighted by Gasteiger charge is 2.51. The molecule has 14 nitrogen and oxygen atoms in total. The molecular formula is C56H95NO13. The largest absolute Gasteiger partial charge is 0.394 e. The highest BCUT2D eigenvalue weighted by Crippen LogP contribution is 2.30. The van der Waals surface area contributed by atoms with Gasteiger partial charge in [-0.2, -0.15) is 0 Å². The third-order valence-electron chi connectivity index (χ3n) is 12.6. The molecule has 70 heavy (non-hydrogen) atoms. The van der Waals surface area contributed by atoms with Crippen LogP contribution in [0.3, 0.4) is 0 Å². The van der Waals surface area contributed by atoms with Gasteiger partial charge in [-0.3, -0.25) is 4.79 Å². The standard InChI is InChI=1S/C56H95NO13/c1-3-5-7-9-11-13-15-16-17-18-19-20-21-22-23-24-25-26-27-28-30-32-34-36-38-40-48(61)57-44(45(60)39-37-35-33-31-29-14-12-10-8-6-4-2)43-67-55-53(66)51(64)54(47(42-59)69-55)70-56-52(65)50(63)49(62)46(41-58)68-56/h5,7,11,13,16-17,19-20,22-23,29,31,37,39,44-47,49-56,58-60,62-66H,3-4,6,8-10,12,14-15,18,21,24-28,30,32-36,38,40-43H2,1-2H3,(H,57,61)/b7-5-,13-11-,17-16-,20-19-,23-22-,31-29+,39-37+. The van der Waals surface area contributed by atoms with Gasteiger partial charge in [-0.1, -0.05) is 170 Å². The van der Waals surface area contributed by atoms with E-state index < -0.39 is 86.8 Å². The van der Waals surface area contributed by atoms with Crippen LogP contribution < -0.4 is 5.32 Å². The van der Waals surface area contributed by atoms with Crippen LogP contribution in [0.15, 0.2) is 85.1 Å². The minimum absolute atomic E-state index is 0.261. The van der Waals surface area contributed by atoms with Crippen LogP contribution in [0.1, 0.15) is 168 Å². The van der Waals surface area contributed by atoms with Gasteiger partial charge in [0.15, 0.2) is 12.6 Å². The van der Waals surface area contributed by atoms with Crippen molar-refractivity contribution in [1.82, 2.24) is 5.32 Å². The smallest absolute Gasteiger partial charge is 0.220 e. The van der Waals surface area contributed by atoms with Crippen molar-refractivity contribution in [1.29, 1.82) is 0 Å². The van der Waals surface area contributed by atoms with Crippen LogP contribution in [-0.2, 0) is 23.7 Å². The summed E-state index contributed by atoms with van der Waals surface area (Å²) in [6.07, 6.45) is 37.7. The quantitative estimate of drug-likeness (QED) is 0.0212. The van der Waals surface area contributed by atoms with Gasteiger partial charge in [-0.25, -0.2) is 0 Å². The lowest BCUT2D eigenvalue weighted by Gasteiger charge is -2.46. The van der Waals surface area contributed by atoms with Gasteiger partial charge in [0.1, 0.15) is 48.8 Å². The van der Waals surface area contributed by atoms with Crippen molar-refractivity contribution < 1.29 is 64.6 Å². The van der Waals surface area contributed by atoms with Gasteiger partial charge >= 0.3 is 0 Å². The van der Waals surface area contributed by atoms with Crippen LogP contribution in [0.25, 0.3) is 0 Å². The molecule has 0 aromatic heterocycles. The van der Waals surface area contributed by atoms with E-state index >= 15 is 0 Å². The molecule has 14 heteroatoms. The Balaban J connectivity index is 1.77. The molecule has 2 saturated heterocycles. The van der Waals surface area contributed by atoms with Crippen LogP contribution in [0.5, 0.6) is 0 Å². The molecule has 12 unspecified atom stereocenters. The molecule has 9 N–H and O–H groups in total. The summed E-state index contributed by atoms with van der Waals surface area (Å²) in [5, 5.41) is 86.7. The first kappa shape index (κ1) is 63.3. The zero-order valence-electron chi connectivity index (χ0n) is 42.7. The number of aliphatic hydroxyl groups is 8. The van der Waals surface area contributed by atoms with Gasteiger partial charge in [0.05, 0.1) is 32.0 Å². The average Bonchev–Trinajstić information content (AvgIpc) is 3.36. The van der Waals surface area contributed by atoms with Gasteiger partial charge in [0, 0.05) is 6.42 Å². The molecule has 402 valence electrons. The van der Waals surface area contributed by atoms with Crippen molar-refractivity contribution in [2.45, 2.75) is 242 Å². The summed E-state index contributed by atoms with van der Waals surface area (Å²) in [5.74, 6) is -0.262. The fraction of sp³-hybridized carbons (Fsp3) is 0.732. The lowest BCUT2D eigenvalue weighted by Crippen LogP contribution is -2.65. The first-order valence-electron chi connectivity index (χ1n) is 26.8. The molecule has 2 aliphatic heterocycles. The minimum atomic E-state index is -1.79. The number of rotatable bonds is 40. The second-order valence-electron chi connectivity index (χ2n) is 18.6. The fourth-order valence-electron chi connectivity index (χ4n) is 8.21. The predicted octanol–water partition coefficient (Wildman–Crippen LogP) is 7.77. The fourth-order valence-corrected chi connectivity index (χ4v) is 8.21. The number of allylic oxidation sites excluding steroid dienone is 13. The van der Waals surface area contributed by atoms with E-state index in [2.05, 4.69) is 92.1 Å². The topological polar surface area (TPSA) is 228 Å². The zero-order valence-corrected chi connectivity index (χ0v) is 42.7. The van der Waals surface area contributed by atoms with Crippen molar-refractivity contribution in [3.63, 3.8) is 0 Å². The van der Waals surface area contributed by atoms with Gasteiger partial charge < -0.3 is 65.1 Å². The minimum Gasteiger partial charge on any atom is -0.394 e. The van der Waals surface area contributed by atoms with Gasteiger partial charge in [-0.05, 0) is 77.0 Å². The molecule has 0 aromatic rings. The Morgan fingerprint density at radius 3 is 1.57 bits per heavy atom. The van der Waals surface area contributed by atoms with E-state index in [0.29, 0.717) is 12.8 Å². The number of ether oxygens (including phenoxy) is 4.